The van der Waals surface area contributed by atoms with Crippen LogP contribution in [-0.2, 0) is 9.89 Å². The van der Waals surface area contributed by atoms with Gasteiger partial charge in [0.2, 0.25) is 0 Å². The topological polar surface area (TPSA) is 44.8 Å². The fourth-order valence-electron chi connectivity index (χ4n) is 2.86. The quantitative estimate of drug-likeness (QED) is 0.368. The summed E-state index contributed by atoms with van der Waals surface area (Å²) in [5.41, 5.74) is 1.85. The van der Waals surface area contributed by atoms with Crippen LogP contribution < -0.4 is 14.8 Å². The molecule has 0 heterocycles. The lowest BCUT2D eigenvalue weighted by atomic mass is 9.96. The van der Waals surface area contributed by atoms with Crippen molar-refractivity contribution < 1.29 is 19.0 Å². The lowest BCUT2D eigenvalue weighted by molar-refractivity contribution is 0.0500. The Bertz CT molecular complexity index is 759. The van der Waals surface area contributed by atoms with E-state index in [2.05, 4.69) is 13.8 Å². The second-order valence-electron chi connectivity index (χ2n) is 6.33. The number of ether oxygens (including phenoxy) is 3. The van der Waals surface area contributed by atoms with E-state index in [-0.39, 0.29) is 17.7 Å². The summed E-state index contributed by atoms with van der Waals surface area (Å²) in [6.45, 7) is 6.16. The molecule has 0 aliphatic rings. The molecule has 2 rings (SSSR count). The van der Waals surface area contributed by atoms with E-state index in [9.17, 15) is 4.79 Å². The van der Waals surface area contributed by atoms with Crippen molar-refractivity contribution in [2.45, 2.75) is 32.3 Å². The third kappa shape index (κ3) is 4.63. The van der Waals surface area contributed by atoms with Crippen molar-refractivity contribution in [3.05, 3.63) is 53.6 Å². The summed E-state index contributed by atoms with van der Waals surface area (Å²) in [5.74, 6) is 1.66. The molecule has 2 atom stereocenters. The van der Waals surface area contributed by atoms with Crippen LogP contribution in [0.3, 0.4) is 0 Å². The Morgan fingerprint density at radius 1 is 1.15 bits per heavy atom. The Morgan fingerprint density at radius 3 is 2.50 bits per heavy atom. The van der Waals surface area contributed by atoms with Crippen LogP contribution >= 0.6 is 8.58 Å². The van der Waals surface area contributed by atoms with Gasteiger partial charge in [-0.2, -0.15) is 0 Å². The zero-order chi connectivity index (χ0) is 19.2. The van der Waals surface area contributed by atoms with Gasteiger partial charge in [-0.15, -0.1) is 0 Å². The first-order valence-electron chi connectivity index (χ1n) is 8.63. The van der Waals surface area contributed by atoms with E-state index in [1.807, 2.05) is 42.5 Å². The number of hydrogen-bond acceptors (Lipinski definition) is 4. The van der Waals surface area contributed by atoms with Crippen molar-refractivity contribution in [1.82, 2.24) is 0 Å². The third-order valence-electron chi connectivity index (χ3n) is 4.54. The molecule has 5 heteroatoms. The van der Waals surface area contributed by atoms with Gasteiger partial charge in [0.05, 0.1) is 7.11 Å². The number of Topliss-reactive ketones (excluding diaryl/α,β-unsaturated/α-hetero) is 1. The van der Waals surface area contributed by atoms with Crippen LogP contribution in [-0.4, -0.2) is 26.8 Å². The number of carbonyl (C=O) groups is 1. The van der Waals surface area contributed by atoms with Crippen LogP contribution in [0.1, 0.15) is 43.1 Å². The molecule has 0 bridgehead atoms. The fraction of sp³-hybridized carbons (Fsp3) is 0.381. The minimum Gasteiger partial charge on any atom is -0.497 e. The molecule has 2 unspecified atom stereocenters. The summed E-state index contributed by atoms with van der Waals surface area (Å²) in [5, 5.41) is 0.883. The maximum Gasteiger partial charge on any atom is 0.188 e. The number of rotatable bonds is 9. The van der Waals surface area contributed by atoms with Gasteiger partial charge in [-0.05, 0) is 36.8 Å². The second-order valence-corrected chi connectivity index (χ2v) is 8.22. The monoisotopic (exact) mass is 374 g/mol. The molecule has 0 aromatic heterocycles. The Morgan fingerprint density at radius 2 is 1.88 bits per heavy atom. The van der Waals surface area contributed by atoms with Crippen LogP contribution in [0.5, 0.6) is 11.5 Å². The fourth-order valence-corrected chi connectivity index (χ4v) is 4.53. The number of carbonyl (C=O) groups excluding carboxylic acids is 1. The molecule has 0 N–H and O–H groups in total. The predicted molar refractivity (Wildman–Crippen MR) is 108 cm³/mol. The molecule has 0 saturated carbocycles. The normalized spacial score (nSPS) is 13.6. The zero-order valence-corrected chi connectivity index (χ0v) is 17.1. The first-order chi connectivity index (χ1) is 12.4. The molecule has 26 heavy (non-hydrogen) atoms. The van der Waals surface area contributed by atoms with Gasteiger partial charge in [-0.25, -0.2) is 0 Å². The minimum atomic E-state index is -0.191. The molecule has 0 saturated heterocycles. The molecule has 0 fully saturated rings. The van der Waals surface area contributed by atoms with Gasteiger partial charge in [-0.1, -0.05) is 46.7 Å². The van der Waals surface area contributed by atoms with Crippen molar-refractivity contribution in [1.29, 1.82) is 0 Å². The average Bonchev–Trinajstić information content (AvgIpc) is 2.66. The van der Waals surface area contributed by atoms with E-state index in [1.165, 1.54) is 0 Å². The van der Waals surface area contributed by atoms with E-state index in [0.717, 1.165) is 34.4 Å². The van der Waals surface area contributed by atoms with Gasteiger partial charge in [0, 0.05) is 23.4 Å². The highest BCUT2D eigenvalue weighted by Crippen LogP contribution is 2.48. The molecule has 140 valence electrons. The van der Waals surface area contributed by atoms with Crippen LogP contribution in [0.4, 0.5) is 0 Å². The first-order valence-corrected chi connectivity index (χ1v) is 9.63. The molecule has 0 aliphatic carbocycles. The molecule has 0 amide bonds. The SMILES string of the molecule is CCC(C)(Pc1ccccc1C(C)=O)c1cc(OC)ccc1OCOC. The summed E-state index contributed by atoms with van der Waals surface area (Å²) >= 11 is 0. The first kappa shape index (κ1) is 20.4. The number of hydrogen-bond donors (Lipinski definition) is 0. The molecular formula is C21H27O4P. The standard InChI is InChI=1S/C21H27O4P/c1-6-21(3,26-20-10-8-7-9-17(20)15(2)22)18-13-16(24-5)11-12-19(18)25-14-23-4/h7-13,26H,6,14H2,1-5H3. The average molecular weight is 374 g/mol. The summed E-state index contributed by atoms with van der Waals surface area (Å²) in [6, 6.07) is 13.7. The Hall–Kier alpha value is -1.90. The highest BCUT2D eigenvalue weighted by molar-refractivity contribution is 7.48. The molecule has 0 radical (unpaired) electrons. The van der Waals surface area contributed by atoms with E-state index >= 15 is 0 Å². The number of ketones is 1. The minimum absolute atomic E-state index is 0.0908. The van der Waals surface area contributed by atoms with Gasteiger partial charge < -0.3 is 14.2 Å². The van der Waals surface area contributed by atoms with Gasteiger partial charge in [0.15, 0.2) is 12.6 Å². The Balaban J connectivity index is 2.50. The zero-order valence-electron chi connectivity index (χ0n) is 16.1. The van der Waals surface area contributed by atoms with Crippen molar-refractivity contribution >= 4 is 19.7 Å². The third-order valence-corrected chi connectivity index (χ3v) is 6.42. The summed E-state index contributed by atoms with van der Waals surface area (Å²) in [7, 11) is 3.68. The van der Waals surface area contributed by atoms with Crippen LogP contribution in [0.2, 0.25) is 0 Å². The van der Waals surface area contributed by atoms with E-state index in [1.54, 1.807) is 21.1 Å². The van der Waals surface area contributed by atoms with Gasteiger partial charge in [0.25, 0.3) is 0 Å². The second kappa shape index (κ2) is 9.16. The van der Waals surface area contributed by atoms with Crippen LogP contribution in [0.25, 0.3) is 0 Å². The summed E-state index contributed by atoms with van der Waals surface area (Å²) in [4.78, 5) is 12.0. The maximum atomic E-state index is 12.0. The molecule has 2 aromatic rings. The van der Waals surface area contributed by atoms with E-state index < -0.39 is 0 Å². The Kier molecular flexibility index (Phi) is 7.19. The Labute approximate surface area is 157 Å². The largest absolute Gasteiger partial charge is 0.497 e. The van der Waals surface area contributed by atoms with Gasteiger partial charge in [-0.3, -0.25) is 4.79 Å². The summed E-state index contributed by atoms with van der Waals surface area (Å²) in [6.07, 6.45) is 0.897. The molecule has 4 nitrogen and oxygen atoms in total. The van der Waals surface area contributed by atoms with Gasteiger partial charge in [0.1, 0.15) is 11.5 Å². The van der Waals surface area contributed by atoms with E-state index in [0.29, 0.717) is 8.58 Å². The molecule has 0 spiro atoms. The van der Waals surface area contributed by atoms with Crippen LogP contribution in [0.15, 0.2) is 42.5 Å². The molecular weight excluding hydrogens is 347 g/mol. The highest BCUT2D eigenvalue weighted by Gasteiger charge is 2.30. The number of methoxy groups -OCH3 is 2. The highest BCUT2D eigenvalue weighted by atomic mass is 31.1. The number of benzene rings is 2. The summed E-state index contributed by atoms with van der Waals surface area (Å²) < 4.78 is 16.3. The predicted octanol–water partition coefficient (Wildman–Crippen LogP) is 4.51. The van der Waals surface area contributed by atoms with Gasteiger partial charge >= 0.3 is 0 Å². The lowest BCUT2D eigenvalue weighted by Crippen LogP contribution is -2.22. The maximum absolute atomic E-state index is 12.0. The smallest absolute Gasteiger partial charge is 0.188 e. The van der Waals surface area contributed by atoms with Crippen molar-refractivity contribution in [2.24, 2.45) is 0 Å². The van der Waals surface area contributed by atoms with E-state index in [4.69, 9.17) is 14.2 Å². The lowest BCUT2D eigenvalue weighted by Gasteiger charge is -2.32. The van der Waals surface area contributed by atoms with Crippen LogP contribution in [0, 0.1) is 0 Å². The van der Waals surface area contributed by atoms with Crippen molar-refractivity contribution in [3.8, 4) is 11.5 Å². The molecule has 2 aromatic carbocycles. The van der Waals surface area contributed by atoms with Crippen molar-refractivity contribution in [3.63, 3.8) is 0 Å². The molecule has 0 aliphatic heterocycles. The van der Waals surface area contributed by atoms with Crippen molar-refractivity contribution in [2.75, 3.05) is 21.0 Å².